The fourth-order valence-electron chi connectivity index (χ4n) is 3.06. The molecular weight excluding hydrogens is 264 g/mol. The molecule has 0 aromatic heterocycles. The van der Waals surface area contributed by atoms with Gasteiger partial charge in [-0.25, -0.2) is 0 Å². The molecule has 0 bridgehead atoms. The third kappa shape index (κ3) is 5.21. The van der Waals surface area contributed by atoms with Crippen molar-refractivity contribution in [3.63, 3.8) is 0 Å². The first-order valence-electron chi connectivity index (χ1n) is 8.08. The second-order valence-electron chi connectivity index (χ2n) is 6.45. The summed E-state index contributed by atoms with van der Waals surface area (Å²) in [5.41, 5.74) is 7.65. The topological polar surface area (TPSA) is 55.5 Å². The second kappa shape index (κ2) is 7.66. The van der Waals surface area contributed by atoms with Gasteiger partial charge >= 0.3 is 0 Å². The van der Waals surface area contributed by atoms with Crippen LogP contribution in [-0.4, -0.2) is 49.5 Å². The van der Waals surface area contributed by atoms with E-state index in [-0.39, 0.29) is 5.75 Å². The Bertz CT molecular complexity index is 442. The van der Waals surface area contributed by atoms with Crippen LogP contribution in [0.25, 0.3) is 0 Å². The number of nitrogens with two attached hydrogens (primary N) is 1. The predicted octanol–water partition coefficient (Wildman–Crippen LogP) is 2.55. The number of aryl methyl sites for hydroxylation is 1. The van der Waals surface area contributed by atoms with E-state index in [1.807, 2.05) is 0 Å². The van der Waals surface area contributed by atoms with Crippen molar-refractivity contribution in [2.24, 2.45) is 0 Å². The van der Waals surface area contributed by atoms with Crippen LogP contribution in [0.1, 0.15) is 31.2 Å². The normalized spacial score (nSPS) is 17.8. The molecule has 0 radical (unpaired) electrons. The Hall–Kier alpha value is -1.26. The first-order valence-corrected chi connectivity index (χ1v) is 8.08. The van der Waals surface area contributed by atoms with Crippen LogP contribution < -0.4 is 5.73 Å². The lowest BCUT2D eigenvalue weighted by Crippen LogP contribution is -2.49. The number of anilines is 1. The highest BCUT2D eigenvalue weighted by molar-refractivity contribution is 5.50. The van der Waals surface area contributed by atoms with Gasteiger partial charge < -0.3 is 20.1 Å². The number of phenolic OH excluding ortho intramolecular Hbond substituents is 1. The molecule has 4 heteroatoms. The van der Waals surface area contributed by atoms with Crippen molar-refractivity contribution in [3.05, 3.63) is 23.8 Å². The molecule has 0 aliphatic carbocycles. The first kappa shape index (κ1) is 16.1. The Morgan fingerprint density at radius 2 is 1.95 bits per heavy atom. The van der Waals surface area contributed by atoms with Crippen molar-refractivity contribution in [3.8, 4) is 5.75 Å². The summed E-state index contributed by atoms with van der Waals surface area (Å²) in [4.78, 5) is 0. The third-order valence-corrected chi connectivity index (χ3v) is 4.53. The monoisotopic (exact) mass is 293 g/mol. The standard InChI is InChI=1S/C17H28N2O2/c1-19(9-3-2-4-10-19)11-13-21-12-5-6-15-14-16(20)7-8-17(15)18/h7-8,14H,2-6,9-13,18H2,1H3/p+1. The van der Waals surface area contributed by atoms with Crippen LogP contribution in [0.5, 0.6) is 5.75 Å². The minimum Gasteiger partial charge on any atom is -0.508 e. The van der Waals surface area contributed by atoms with Crippen LogP contribution in [0, 0.1) is 0 Å². The summed E-state index contributed by atoms with van der Waals surface area (Å²) < 4.78 is 6.94. The molecule has 1 aromatic carbocycles. The molecule has 21 heavy (non-hydrogen) atoms. The molecule has 1 aromatic rings. The van der Waals surface area contributed by atoms with Crippen molar-refractivity contribution in [2.75, 3.05) is 45.6 Å². The summed E-state index contributed by atoms with van der Waals surface area (Å²) in [6.45, 7) is 5.31. The SMILES string of the molecule is C[N+]1(CCOCCCc2cc(O)ccc2N)CCCCC1. The molecule has 0 spiro atoms. The molecule has 0 saturated carbocycles. The molecule has 3 N–H and O–H groups in total. The Morgan fingerprint density at radius 3 is 2.71 bits per heavy atom. The Balaban J connectivity index is 1.60. The minimum absolute atomic E-state index is 0.280. The number of ether oxygens (including phenoxy) is 1. The predicted molar refractivity (Wildman–Crippen MR) is 86.3 cm³/mol. The van der Waals surface area contributed by atoms with Crippen LogP contribution in [0.3, 0.4) is 0 Å². The van der Waals surface area contributed by atoms with Gasteiger partial charge in [-0.05, 0) is 55.9 Å². The average molecular weight is 293 g/mol. The number of hydrogen-bond donors (Lipinski definition) is 2. The largest absolute Gasteiger partial charge is 0.508 e. The number of hydrogen-bond acceptors (Lipinski definition) is 3. The van der Waals surface area contributed by atoms with Gasteiger partial charge in [-0.3, -0.25) is 0 Å². The van der Waals surface area contributed by atoms with E-state index < -0.39 is 0 Å². The van der Waals surface area contributed by atoms with E-state index in [0.29, 0.717) is 0 Å². The Labute approximate surface area is 128 Å². The van der Waals surface area contributed by atoms with Crippen molar-refractivity contribution in [2.45, 2.75) is 32.1 Å². The molecule has 1 heterocycles. The smallest absolute Gasteiger partial charge is 0.116 e. The number of nitrogen functional groups attached to an aromatic ring is 1. The highest BCUT2D eigenvalue weighted by atomic mass is 16.5. The summed E-state index contributed by atoms with van der Waals surface area (Å²) in [6.07, 6.45) is 5.89. The molecule has 1 fully saturated rings. The second-order valence-corrected chi connectivity index (χ2v) is 6.45. The lowest BCUT2D eigenvalue weighted by atomic mass is 10.1. The molecule has 1 saturated heterocycles. The van der Waals surface area contributed by atoms with E-state index in [1.165, 1.54) is 36.8 Å². The number of benzene rings is 1. The van der Waals surface area contributed by atoms with E-state index in [1.54, 1.807) is 18.2 Å². The quantitative estimate of drug-likeness (QED) is 0.351. The number of piperidine rings is 1. The Morgan fingerprint density at radius 1 is 1.19 bits per heavy atom. The van der Waals surface area contributed by atoms with E-state index in [0.717, 1.165) is 43.9 Å². The molecule has 1 aliphatic heterocycles. The lowest BCUT2D eigenvalue weighted by molar-refractivity contribution is -0.914. The van der Waals surface area contributed by atoms with Gasteiger partial charge in [0.15, 0.2) is 0 Å². The number of likely N-dealkylation sites (N-methyl/N-ethyl adjacent to an activating group) is 1. The molecule has 118 valence electrons. The summed E-state index contributed by atoms with van der Waals surface area (Å²) >= 11 is 0. The number of quaternary nitrogens is 1. The molecule has 4 nitrogen and oxygen atoms in total. The number of rotatable bonds is 7. The molecule has 1 aliphatic rings. The minimum atomic E-state index is 0.280. The maximum Gasteiger partial charge on any atom is 0.116 e. The van der Waals surface area contributed by atoms with Crippen molar-refractivity contribution in [1.29, 1.82) is 0 Å². The molecule has 0 atom stereocenters. The first-order chi connectivity index (χ1) is 10.1. The van der Waals surface area contributed by atoms with Gasteiger partial charge in [0.25, 0.3) is 0 Å². The zero-order chi connectivity index (χ0) is 15.1. The summed E-state index contributed by atoms with van der Waals surface area (Å²) in [5, 5.41) is 9.46. The summed E-state index contributed by atoms with van der Waals surface area (Å²) in [5.74, 6) is 0.280. The van der Waals surface area contributed by atoms with Gasteiger partial charge in [0, 0.05) is 12.3 Å². The van der Waals surface area contributed by atoms with Gasteiger partial charge in [-0.1, -0.05) is 0 Å². The van der Waals surface area contributed by atoms with Crippen molar-refractivity contribution >= 4 is 5.69 Å². The number of phenols is 1. The fourth-order valence-corrected chi connectivity index (χ4v) is 3.06. The van der Waals surface area contributed by atoms with Crippen LogP contribution in [-0.2, 0) is 11.2 Å². The highest BCUT2D eigenvalue weighted by Gasteiger charge is 2.23. The summed E-state index contributed by atoms with van der Waals surface area (Å²) in [6, 6.07) is 5.13. The van der Waals surface area contributed by atoms with Gasteiger partial charge in [0.1, 0.15) is 12.3 Å². The van der Waals surface area contributed by atoms with E-state index >= 15 is 0 Å². The van der Waals surface area contributed by atoms with Crippen LogP contribution in [0.15, 0.2) is 18.2 Å². The van der Waals surface area contributed by atoms with Crippen LogP contribution in [0.4, 0.5) is 5.69 Å². The number of nitrogens with zero attached hydrogens (tertiary/aromatic N) is 1. The lowest BCUT2D eigenvalue weighted by Gasteiger charge is -2.37. The van der Waals surface area contributed by atoms with Gasteiger partial charge in [0.2, 0.25) is 0 Å². The maximum absolute atomic E-state index is 9.46. The van der Waals surface area contributed by atoms with Crippen LogP contribution >= 0.6 is 0 Å². The zero-order valence-corrected chi connectivity index (χ0v) is 13.2. The van der Waals surface area contributed by atoms with Crippen molar-refractivity contribution < 1.29 is 14.3 Å². The van der Waals surface area contributed by atoms with E-state index in [9.17, 15) is 5.11 Å². The highest BCUT2D eigenvalue weighted by Crippen LogP contribution is 2.20. The van der Waals surface area contributed by atoms with E-state index in [2.05, 4.69) is 7.05 Å². The molecular formula is C17H29N2O2+. The number of likely N-dealkylation sites (tertiary alicyclic amines) is 1. The summed E-state index contributed by atoms with van der Waals surface area (Å²) in [7, 11) is 2.34. The molecule has 2 rings (SSSR count). The van der Waals surface area contributed by atoms with Gasteiger partial charge in [-0.15, -0.1) is 0 Å². The van der Waals surface area contributed by atoms with Crippen molar-refractivity contribution in [1.82, 2.24) is 0 Å². The van der Waals surface area contributed by atoms with Gasteiger partial charge in [-0.2, -0.15) is 0 Å². The number of aromatic hydroxyl groups is 1. The Kier molecular flexibility index (Phi) is 5.88. The maximum atomic E-state index is 9.46. The van der Waals surface area contributed by atoms with E-state index in [4.69, 9.17) is 10.5 Å². The van der Waals surface area contributed by atoms with Gasteiger partial charge in [0.05, 0.1) is 26.7 Å². The zero-order valence-electron chi connectivity index (χ0n) is 13.2. The molecule has 0 unspecified atom stereocenters. The average Bonchev–Trinajstić information content (AvgIpc) is 2.47. The fraction of sp³-hybridized carbons (Fsp3) is 0.647. The van der Waals surface area contributed by atoms with Crippen LogP contribution in [0.2, 0.25) is 0 Å². The molecule has 0 amide bonds. The third-order valence-electron chi connectivity index (χ3n) is 4.53.